The number of unbranched alkanes of at least 4 members (excludes halogenated alkanes) is 1. The van der Waals surface area contributed by atoms with Crippen molar-refractivity contribution in [1.82, 2.24) is 4.31 Å². The Kier molecular flexibility index (Phi) is 14.1. The highest BCUT2D eigenvalue weighted by molar-refractivity contribution is 7.99. The Morgan fingerprint density at radius 2 is 1.39 bits per heavy atom. The molecule has 3 aliphatic rings. The van der Waals surface area contributed by atoms with E-state index >= 15 is 0 Å². The van der Waals surface area contributed by atoms with Gasteiger partial charge in [-0.15, -0.1) is 0 Å². The lowest BCUT2D eigenvalue weighted by molar-refractivity contribution is -0.139. The summed E-state index contributed by atoms with van der Waals surface area (Å²) in [6.07, 6.45) is 4.88. The van der Waals surface area contributed by atoms with Gasteiger partial charge in [0.2, 0.25) is 0 Å². The molecule has 1 fully saturated rings. The summed E-state index contributed by atoms with van der Waals surface area (Å²) in [5.74, 6) is 2.64. The molecule has 1 unspecified atom stereocenters. The van der Waals surface area contributed by atoms with Crippen LogP contribution in [0.4, 0.5) is 32.0 Å². The van der Waals surface area contributed by atoms with Crippen molar-refractivity contribution in [2.75, 3.05) is 51.9 Å². The molecule has 368 valence electrons. The fourth-order valence-corrected chi connectivity index (χ4v) is 12.4. The van der Waals surface area contributed by atoms with Gasteiger partial charge in [-0.1, -0.05) is 100 Å². The van der Waals surface area contributed by atoms with Gasteiger partial charge >= 0.3 is 11.7 Å². The number of benzene rings is 6. The Balaban J connectivity index is 1.29. The predicted octanol–water partition coefficient (Wildman–Crippen LogP) is 15.7. The fourth-order valence-electron chi connectivity index (χ4n) is 10.7. The van der Waals surface area contributed by atoms with Crippen LogP contribution in [-0.4, -0.2) is 56.8 Å². The largest absolute Gasteiger partial charge is 0.497 e. The minimum absolute atomic E-state index is 0.0922. The van der Waals surface area contributed by atoms with E-state index in [1.165, 1.54) is 16.4 Å². The summed E-state index contributed by atoms with van der Waals surface area (Å²) in [6.45, 7) is 8.10. The maximum absolute atomic E-state index is 14.4. The molecule has 70 heavy (non-hydrogen) atoms. The lowest BCUT2D eigenvalue weighted by Gasteiger charge is -2.40. The maximum Gasteiger partial charge on any atom is 0.456 e. The topological polar surface area (TPSA) is 43.4 Å². The van der Waals surface area contributed by atoms with Crippen LogP contribution >= 0.6 is 23.7 Å². The first-order valence-corrected chi connectivity index (χ1v) is 25.5. The Morgan fingerprint density at radius 3 is 2.00 bits per heavy atom. The molecule has 0 radical (unpaired) electrons. The van der Waals surface area contributed by atoms with Crippen molar-refractivity contribution < 1.29 is 45.3 Å². The van der Waals surface area contributed by atoms with Gasteiger partial charge in [0.25, 0.3) is 0 Å². The minimum atomic E-state index is -4.52. The van der Waals surface area contributed by atoms with Gasteiger partial charge in [0.05, 0.1) is 32.1 Å². The number of fused-ring (bicyclic) bond motifs is 8. The van der Waals surface area contributed by atoms with E-state index in [9.17, 15) is 26.3 Å². The second-order valence-electron chi connectivity index (χ2n) is 18.0. The summed E-state index contributed by atoms with van der Waals surface area (Å²) >= 11 is 1.02. The van der Waals surface area contributed by atoms with Crippen LogP contribution in [0.1, 0.15) is 92.7 Å². The molecule has 6 aromatic carbocycles. The zero-order chi connectivity index (χ0) is 49.4. The molecule has 0 saturated carbocycles. The number of anilines is 1. The van der Waals surface area contributed by atoms with Gasteiger partial charge < -0.3 is 23.8 Å². The van der Waals surface area contributed by atoms with E-state index in [0.29, 0.717) is 41.8 Å². The van der Waals surface area contributed by atoms with Gasteiger partial charge in [-0.3, -0.25) is 0 Å². The highest BCUT2D eigenvalue weighted by atomic mass is 32.2. The van der Waals surface area contributed by atoms with E-state index < -0.39 is 28.3 Å². The first-order valence-electron chi connectivity index (χ1n) is 23.9. The molecule has 0 spiro atoms. The number of halogens is 6. The van der Waals surface area contributed by atoms with E-state index in [0.717, 1.165) is 118 Å². The molecule has 6 nitrogen and oxygen atoms in total. The highest BCUT2D eigenvalue weighted by Gasteiger charge is 2.48. The smallest absolute Gasteiger partial charge is 0.456 e. The summed E-state index contributed by atoms with van der Waals surface area (Å²) in [5.41, 5.74) is 0.737. The molecule has 6 aromatic rings. The minimum Gasteiger partial charge on any atom is -0.497 e. The van der Waals surface area contributed by atoms with E-state index in [4.69, 9.17) is 18.9 Å². The number of hydrogen-bond acceptors (Lipinski definition) is 8. The SMILES string of the molecule is CCCCOc1ccc(C2(c3ccc(OC)cc3)C=Cc3c4c(c5cc(N6CCN(SC(F)(F)F)CC6)c(OC)cc5c3O2)-c2ccc(Sc3ccccc3C(F)(F)F)cc2C4(CCC)CCC)cc1. The molecular formula is C56H56F6N2O4S2. The van der Waals surface area contributed by atoms with Crippen molar-refractivity contribution in [1.29, 1.82) is 0 Å². The first kappa shape index (κ1) is 49.5. The first-order chi connectivity index (χ1) is 33.7. The molecule has 9 rings (SSSR count). The van der Waals surface area contributed by atoms with Crippen LogP contribution < -0.4 is 23.8 Å². The van der Waals surface area contributed by atoms with Crippen LogP contribution in [0.15, 0.2) is 119 Å². The quantitative estimate of drug-likeness (QED) is 0.0540. The van der Waals surface area contributed by atoms with Crippen LogP contribution in [0.5, 0.6) is 23.0 Å². The molecule has 0 bridgehead atoms. The molecule has 0 amide bonds. The number of hydrogen-bond donors (Lipinski definition) is 0. The van der Waals surface area contributed by atoms with Crippen LogP contribution in [-0.2, 0) is 17.2 Å². The zero-order valence-corrected chi connectivity index (χ0v) is 41.5. The maximum atomic E-state index is 14.4. The monoisotopic (exact) mass is 998 g/mol. The molecule has 0 aromatic heterocycles. The van der Waals surface area contributed by atoms with Gasteiger partial charge in [0.1, 0.15) is 23.0 Å². The Morgan fingerprint density at radius 1 is 0.714 bits per heavy atom. The third kappa shape index (κ3) is 9.31. The summed E-state index contributed by atoms with van der Waals surface area (Å²) in [5, 5.41) is 1.67. The number of alkyl halides is 6. The van der Waals surface area contributed by atoms with Crippen molar-refractivity contribution in [2.24, 2.45) is 0 Å². The Labute approximate surface area is 414 Å². The normalized spacial score (nSPS) is 17.5. The predicted molar refractivity (Wildman–Crippen MR) is 270 cm³/mol. The van der Waals surface area contributed by atoms with Crippen LogP contribution in [0.25, 0.3) is 28.0 Å². The summed E-state index contributed by atoms with van der Waals surface area (Å²) < 4.78 is 111. The highest BCUT2D eigenvalue weighted by Crippen LogP contribution is 2.62. The van der Waals surface area contributed by atoms with Crippen molar-refractivity contribution in [3.05, 3.63) is 143 Å². The fraction of sp³-hybridized carbons (Fsp3) is 0.357. The molecule has 14 heteroatoms. The van der Waals surface area contributed by atoms with Crippen molar-refractivity contribution in [3.8, 4) is 34.1 Å². The number of nitrogens with zero attached hydrogens (tertiary/aromatic N) is 2. The molecule has 0 N–H and O–H groups in total. The van der Waals surface area contributed by atoms with Gasteiger partial charge in [-0.25, -0.2) is 4.31 Å². The molecular weight excluding hydrogens is 943 g/mol. The summed E-state index contributed by atoms with van der Waals surface area (Å²) in [4.78, 5) is 2.91. The van der Waals surface area contributed by atoms with Crippen molar-refractivity contribution >= 4 is 46.2 Å². The van der Waals surface area contributed by atoms with Crippen molar-refractivity contribution in [3.63, 3.8) is 0 Å². The summed E-state index contributed by atoms with van der Waals surface area (Å²) in [7, 11) is 3.23. The number of ether oxygens (including phenoxy) is 4. The van der Waals surface area contributed by atoms with Crippen molar-refractivity contribution in [2.45, 2.75) is 91.8 Å². The lowest BCUT2D eigenvalue weighted by atomic mass is 9.69. The molecule has 1 atom stereocenters. The van der Waals surface area contributed by atoms with Gasteiger partial charge in [-0.05, 0) is 114 Å². The van der Waals surface area contributed by atoms with Gasteiger partial charge in [0, 0.05) is 75.4 Å². The van der Waals surface area contributed by atoms with Gasteiger partial charge in [0.15, 0.2) is 5.60 Å². The molecule has 2 heterocycles. The van der Waals surface area contributed by atoms with Crippen LogP contribution in [0.2, 0.25) is 0 Å². The van der Waals surface area contributed by atoms with Crippen LogP contribution in [0, 0.1) is 0 Å². The molecule has 1 saturated heterocycles. The Bertz CT molecular complexity index is 2870. The molecule has 2 aliphatic heterocycles. The van der Waals surface area contributed by atoms with E-state index in [2.05, 4.69) is 56.0 Å². The number of piperazine rings is 1. The Hall–Kier alpha value is -5.44. The van der Waals surface area contributed by atoms with E-state index in [1.54, 1.807) is 20.3 Å². The molecule has 1 aliphatic carbocycles. The third-order valence-electron chi connectivity index (χ3n) is 13.8. The second kappa shape index (κ2) is 20.0. The zero-order valence-electron chi connectivity index (χ0n) is 39.9. The van der Waals surface area contributed by atoms with Gasteiger partial charge in [-0.2, -0.15) is 26.3 Å². The average Bonchev–Trinajstić information content (AvgIpc) is 3.62. The average molecular weight is 999 g/mol. The number of methoxy groups -OCH3 is 2. The standard InChI is InChI=1S/C56H56F6N2O4S2/c1-6-9-32-67-39-20-16-37(17-21-39)54(36-14-18-38(65-4)19-15-36)27-24-42-51-50(43-34-47(48(66-5)35-44(43)52(42)68-54)63-28-30-64(31-29-63)70-56(60,61)62)41-23-22-40(33-46(41)53(51,25-7-2)26-8-3)69-49-13-11-10-12-45(49)55(57,58)59/h10-24,27,33-35H,6-9,25-26,28-32H2,1-5H3. The summed E-state index contributed by atoms with van der Waals surface area (Å²) in [6, 6.07) is 31.7. The van der Waals surface area contributed by atoms with Crippen LogP contribution in [0.3, 0.4) is 0 Å². The second-order valence-corrected chi connectivity index (χ2v) is 20.3. The third-order valence-corrected chi connectivity index (χ3v) is 15.6. The number of rotatable bonds is 16. The van der Waals surface area contributed by atoms with E-state index in [1.807, 2.05) is 60.7 Å². The lowest BCUT2D eigenvalue weighted by Crippen LogP contribution is -2.44. The van der Waals surface area contributed by atoms with E-state index in [-0.39, 0.29) is 29.9 Å².